The molecule has 0 bridgehead atoms. The Hall–Kier alpha value is -2.67. The van der Waals surface area contributed by atoms with Crippen molar-refractivity contribution in [1.82, 2.24) is 14.9 Å². The average Bonchev–Trinajstić information content (AvgIpc) is 2.81. The summed E-state index contributed by atoms with van der Waals surface area (Å²) in [4.78, 5) is 16.2. The predicted octanol–water partition coefficient (Wildman–Crippen LogP) is 6.81. The van der Waals surface area contributed by atoms with Crippen LogP contribution in [0.1, 0.15) is 72.4 Å². The van der Waals surface area contributed by atoms with Gasteiger partial charge in [0.25, 0.3) is 0 Å². The summed E-state index contributed by atoms with van der Waals surface area (Å²) in [6.07, 6.45) is 7.70. The summed E-state index contributed by atoms with van der Waals surface area (Å²) < 4.78 is 0. The standard InChI is InChI=1S/C21H31N7.C7H16/c1-5-23-19-14(2)24-21(26-16-9-11-18(12-10-16)28(3)4)27-20(19)25-17-8-6-7-15(22)13-17;1-5-7(4)6(2)3/h5-8,13,16,18H,9-12,22H2,1-4H3,(H2,24,25,26,27);6-7H,5H2,1-4H3. The first kappa shape index (κ1) is 28.6. The van der Waals surface area contributed by atoms with Crippen LogP contribution >= 0.6 is 0 Å². The molecule has 3 rings (SSSR count). The number of aliphatic imine (C=N–C) groups is 1. The average molecular weight is 482 g/mol. The van der Waals surface area contributed by atoms with Gasteiger partial charge in [-0.3, -0.25) is 4.99 Å². The van der Waals surface area contributed by atoms with Crippen molar-refractivity contribution in [2.45, 2.75) is 85.7 Å². The zero-order valence-corrected chi connectivity index (χ0v) is 23.1. The highest BCUT2D eigenvalue weighted by molar-refractivity contribution is 5.75. The fraction of sp³-hybridized carbons (Fsp3) is 0.607. The molecule has 1 atom stereocenters. The van der Waals surface area contributed by atoms with E-state index in [0.29, 0.717) is 29.5 Å². The number of nitrogen functional groups attached to an aromatic ring is 1. The van der Waals surface area contributed by atoms with E-state index in [1.807, 2.05) is 38.1 Å². The van der Waals surface area contributed by atoms with Crippen molar-refractivity contribution in [2.75, 3.05) is 30.5 Å². The molecule has 7 heteroatoms. The van der Waals surface area contributed by atoms with Crippen LogP contribution in [0.4, 0.5) is 28.8 Å². The van der Waals surface area contributed by atoms with E-state index >= 15 is 0 Å². The third kappa shape index (κ3) is 9.13. The number of hydrogen-bond acceptors (Lipinski definition) is 7. The van der Waals surface area contributed by atoms with E-state index in [2.05, 4.69) is 67.3 Å². The van der Waals surface area contributed by atoms with Gasteiger partial charge in [0.15, 0.2) is 5.82 Å². The zero-order chi connectivity index (χ0) is 26.0. The minimum Gasteiger partial charge on any atom is -0.399 e. The third-order valence-electron chi connectivity index (χ3n) is 7.01. The van der Waals surface area contributed by atoms with Gasteiger partial charge in [-0.1, -0.05) is 40.2 Å². The highest BCUT2D eigenvalue weighted by Crippen LogP contribution is 2.31. The first-order valence-corrected chi connectivity index (χ1v) is 13.1. The van der Waals surface area contributed by atoms with Gasteiger partial charge in [0, 0.05) is 29.7 Å². The highest BCUT2D eigenvalue weighted by atomic mass is 15.2. The lowest BCUT2D eigenvalue weighted by atomic mass is 9.91. The second-order valence-electron chi connectivity index (χ2n) is 10.2. The van der Waals surface area contributed by atoms with Crippen LogP contribution in [0.5, 0.6) is 0 Å². The van der Waals surface area contributed by atoms with Gasteiger partial charge in [-0.05, 0) is 83.7 Å². The molecular formula is C28H47N7. The van der Waals surface area contributed by atoms with E-state index in [0.717, 1.165) is 41.7 Å². The lowest BCUT2D eigenvalue weighted by Gasteiger charge is -2.33. The highest BCUT2D eigenvalue weighted by Gasteiger charge is 2.23. The molecule has 1 aliphatic rings. The molecule has 1 unspecified atom stereocenters. The number of nitrogens with two attached hydrogens (primary N) is 1. The molecule has 0 amide bonds. The molecule has 1 heterocycles. The zero-order valence-electron chi connectivity index (χ0n) is 23.1. The molecule has 7 nitrogen and oxygen atoms in total. The van der Waals surface area contributed by atoms with Crippen molar-refractivity contribution in [3.63, 3.8) is 0 Å². The number of aromatic nitrogens is 2. The van der Waals surface area contributed by atoms with Crippen molar-refractivity contribution < 1.29 is 0 Å². The molecule has 2 aromatic rings. The molecule has 194 valence electrons. The van der Waals surface area contributed by atoms with Crippen LogP contribution in [0.2, 0.25) is 0 Å². The number of hydrogen-bond donors (Lipinski definition) is 3. The number of aryl methyl sites for hydroxylation is 1. The SMILES string of the molecule is CC=Nc1c(C)nc(NC2CCC(N(C)C)CC2)nc1Nc1cccc(N)c1.CCC(C)C(C)C. The summed E-state index contributed by atoms with van der Waals surface area (Å²) in [7, 11) is 4.32. The predicted molar refractivity (Wildman–Crippen MR) is 152 cm³/mol. The lowest BCUT2D eigenvalue weighted by molar-refractivity contribution is 0.221. The van der Waals surface area contributed by atoms with Crippen molar-refractivity contribution in [1.29, 1.82) is 0 Å². The summed E-state index contributed by atoms with van der Waals surface area (Å²) in [6, 6.07) is 8.68. The van der Waals surface area contributed by atoms with E-state index in [9.17, 15) is 0 Å². The Bertz CT molecular complexity index is 931. The molecule has 0 aliphatic heterocycles. The molecule has 1 aromatic heterocycles. The number of nitrogens with one attached hydrogen (secondary N) is 2. The first-order chi connectivity index (χ1) is 16.6. The number of benzene rings is 1. The van der Waals surface area contributed by atoms with Crippen LogP contribution in [0.25, 0.3) is 0 Å². The van der Waals surface area contributed by atoms with Crippen LogP contribution in [-0.4, -0.2) is 47.3 Å². The van der Waals surface area contributed by atoms with Crippen LogP contribution in [0.15, 0.2) is 29.3 Å². The lowest BCUT2D eigenvalue weighted by Crippen LogP contribution is -2.36. The minimum absolute atomic E-state index is 0.399. The maximum absolute atomic E-state index is 5.91. The Balaban J connectivity index is 0.000000540. The van der Waals surface area contributed by atoms with Gasteiger partial charge in [0.05, 0.1) is 5.69 Å². The van der Waals surface area contributed by atoms with Gasteiger partial charge >= 0.3 is 0 Å². The maximum atomic E-state index is 5.91. The molecule has 0 saturated heterocycles. The second kappa shape index (κ2) is 14.0. The van der Waals surface area contributed by atoms with Crippen molar-refractivity contribution in [3.05, 3.63) is 30.0 Å². The Morgan fingerprint density at radius 3 is 2.34 bits per heavy atom. The maximum Gasteiger partial charge on any atom is 0.225 e. The van der Waals surface area contributed by atoms with Crippen LogP contribution in [0, 0.1) is 18.8 Å². The Morgan fingerprint density at radius 1 is 1.14 bits per heavy atom. The second-order valence-corrected chi connectivity index (χ2v) is 10.2. The largest absolute Gasteiger partial charge is 0.399 e. The van der Waals surface area contributed by atoms with Crippen molar-refractivity contribution in [3.8, 4) is 0 Å². The monoisotopic (exact) mass is 481 g/mol. The summed E-state index contributed by atoms with van der Waals surface area (Å²) in [6.45, 7) is 12.9. The van der Waals surface area contributed by atoms with Gasteiger partial charge in [0.1, 0.15) is 5.69 Å². The molecule has 1 saturated carbocycles. The van der Waals surface area contributed by atoms with E-state index in [1.165, 1.54) is 19.3 Å². The van der Waals surface area contributed by atoms with E-state index in [4.69, 9.17) is 10.7 Å². The molecule has 1 fully saturated rings. The Kier molecular flexibility index (Phi) is 11.4. The molecule has 1 aromatic carbocycles. The first-order valence-electron chi connectivity index (χ1n) is 13.1. The van der Waals surface area contributed by atoms with E-state index < -0.39 is 0 Å². The van der Waals surface area contributed by atoms with Gasteiger partial charge in [0.2, 0.25) is 5.95 Å². The van der Waals surface area contributed by atoms with Crippen LogP contribution in [-0.2, 0) is 0 Å². The van der Waals surface area contributed by atoms with Gasteiger partial charge in [-0.15, -0.1) is 0 Å². The van der Waals surface area contributed by atoms with Crippen molar-refractivity contribution in [2.24, 2.45) is 16.8 Å². The van der Waals surface area contributed by atoms with Crippen LogP contribution in [0.3, 0.4) is 0 Å². The summed E-state index contributed by atoms with van der Waals surface area (Å²) in [5.74, 6) is 3.10. The molecule has 0 radical (unpaired) electrons. The fourth-order valence-electron chi connectivity index (χ4n) is 4.15. The fourth-order valence-corrected chi connectivity index (χ4v) is 4.15. The quantitative estimate of drug-likeness (QED) is 0.283. The van der Waals surface area contributed by atoms with E-state index in [1.54, 1.807) is 6.21 Å². The third-order valence-corrected chi connectivity index (χ3v) is 7.01. The molecule has 35 heavy (non-hydrogen) atoms. The smallest absolute Gasteiger partial charge is 0.225 e. The normalized spacial score (nSPS) is 18.9. The molecule has 4 N–H and O–H groups in total. The van der Waals surface area contributed by atoms with Crippen molar-refractivity contribution >= 4 is 35.0 Å². The summed E-state index contributed by atoms with van der Waals surface area (Å²) in [5, 5.41) is 6.88. The Labute approximate surface area is 213 Å². The number of anilines is 4. The van der Waals surface area contributed by atoms with Gasteiger partial charge in [-0.2, -0.15) is 4.98 Å². The van der Waals surface area contributed by atoms with Gasteiger partial charge < -0.3 is 21.3 Å². The number of rotatable bonds is 8. The summed E-state index contributed by atoms with van der Waals surface area (Å²) >= 11 is 0. The molecular weight excluding hydrogens is 434 g/mol. The topological polar surface area (TPSA) is 91.5 Å². The van der Waals surface area contributed by atoms with E-state index in [-0.39, 0.29) is 0 Å². The molecule has 0 spiro atoms. The Morgan fingerprint density at radius 2 is 1.83 bits per heavy atom. The minimum atomic E-state index is 0.399. The number of nitrogens with zero attached hydrogens (tertiary/aromatic N) is 4. The molecule has 1 aliphatic carbocycles. The van der Waals surface area contributed by atoms with Crippen LogP contribution < -0.4 is 16.4 Å². The van der Waals surface area contributed by atoms with Gasteiger partial charge in [-0.25, -0.2) is 4.98 Å². The summed E-state index contributed by atoms with van der Waals surface area (Å²) in [5.41, 5.74) is 9.07.